The fraction of sp³-hybridized carbons (Fsp3) is 0.267. The zero-order chi connectivity index (χ0) is 14.5. The summed E-state index contributed by atoms with van der Waals surface area (Å²) in [5, 5.41) is 3.24. The Morgan fingerprint density at radius 2 is 2.15 bits per heavy atom. The predicted octanol–water partition coefficient (Wildman–Crippen LogP) is 3.50. The number of nitrogens with one attached hydrogen (secondary N) is 1. The summed E-state index contributed by atoms with van der Waals surface area (Å²) in [7, 11) is 3.35. The number of benzene rings is 1. The topological polar surface area (TPSA) is 34.2 Å². The van der Waals surface area contributed by atoms with Crippen molar-refractivity contribution < 1.29 is 9.13 Å². The maximum absolute atomic E-state index is 13.5. The molecule has 1 aromatic heterocycles. The van der Waals surface area contributed by atoms with Gasteiger partial charge in [-0.25, -0.2) is 4.39 Å². The van der Waals surface area contributed by atoms with Crippen molar-refractivity contribution in [2.24, 2.45) is 0 Å². The fourth-order valence-corrected chi connectivity index (χ4v) is 2.50. The molecule has 20 heavy (non-hydrogen) atoms. The second-order valence-corrected chi connectivity index (χ2v) is 5.37. The molecule has 1 atom stereocenters. The van der Waals surface area contributed by atoms with E-state index in [4.69, 9.17) is 4.74 Å². The van der Waals surface area contributed by atoms with E-state index in [-0.39, 0.29) is 17.6 Å². The molecule has 1 heterocycles. The quantitative estimate of drug-likeness (QED) is 0.905. The summed E-state index contributed by atoms with van der Waals surface area (Å²) < 4.78 is 19.4. The molecule has 0 saturated heterocycles. The van der Waals surface area contributed by atoms with Crippen LogP contribution in [-0.4, -0.2) is 19.1 Å². The van der Waals surface area contributed by atoms with Crippen LogP contribution in [0.3, 0.4) is 0 Å². The van der Waals surface area contributed by atoms with Crippen molar-refractivity contribution in [3.8, 4) is 5.75 Å². The second kappa shape index (κ2) is 6.81. The molecular weight excluding hydrogens is 323 g/mol. The second-order valence-electron chi connectivity index (χ2n) is 4.45. The standard InChI is InChI=1S/C15H16BrFN2O/c1-18-14(6-10-5-12(16)9-19-8-10)11-3-4-13(17)15(7-11)20-2/h3-5,7-9,14,18H,6H2,1-2H3. The van der Waals surface area contributed by atoms with Crippen LogP contribution in [0.2, 0.25) is 0 Å². The molecule has 0 amide bonds. The summed E-state index contributed by atoms with van der Waals surface area (Å²) in [6.07, 6.45) is 4.34. The molecule has 2 rings (SSSR count). The lowest BCUT2D eigenvalue weighted by Gasteiger charge is -2.17. The highest BCUT2D eigenvalue weighted by Crippen LogP contribution is 2.25. The Morgan fingerprint density at radius 1 is 1.35 bits per heavy atom. The summed E-state index contributed by atoms with van der Waals surface area (Å²) in [5.74, 6) is -0.0923. The molecule has 0 bridgehead atoms. The van der Waals surface area contributed by atoms with Crippen LogP contribution in [0, 0.1) is 5.82 Å². The van der Waals surface area contributed by atoms with Crippen molar-refractivity contribution in [3.05, 3.63) is 58.1 Å². The van der Waals surface area contributed by atoms with Crippen LogP contribution in [0.4, 0.5) is 4.39 Å². The molecule has 0 fully saturated rings. The molecule has 0 aliphatic heterocycles. The van der Waals surface area contributed by atoms with Gasteiger partial charge in [0, 0.05) is 22.9 Å². The van der Waals surface area contributed by atoms with Crippen LogP contribution in [-0.2, 0) is 6.42 Å². The van der Waals surface area contributed by atoms with Gasteiger partial charge in [0.1, 0.15) is 0 Å². The minimum Gasteiger partial charge on any atom is -0.494 e. The smallest absolute Gasteiger partial charge is 0.165 e. The minimum atomic E-state index is -0.352. The zero-order valence-corrected chi connectivity index (χ0v) is 12.9. The number of hydrogen-bond donors (Lipinski definition) is 1. The molecule has 0 saturated carbocycles. The molecule has 1 N–H and O–H groups in total. The maximum Gasteiger partial charge on any atom is 0.165 e. The molecule has 1 aromatic carbocycles. The molecule has 3 nitrogen and oxygen atoms in total. The van der Waals surface area contributed by atoms with E-state index in [0.29, 0.717) is 0 Å². The Hall–Kier alpha value is -1.46. The highest BCUT2D eigenvalue weighted by molar-refractivity contribution is 9.10. The SMILES string of the molecule is CNC(Cc1cncc(Br)c1)c1ccc(F)c(OC)c1. The number of aromatic nitrogens is 1. The van der Waals surface area contributed by atoms with Gasteiger partial charge in [0.25, 0.3) is 0 Å². The normalized spacial score (nSPS) is 12.2. The van der Waals surface area contributed by atoms with Gasteiger partial charge >= 0.3 is 0 Å². The van der Waals surface area contributed by atoms with Gasteiger partial charge in [-0.3, -0.25) is 4.98 Å². The number of hydrogen-bond acceptors (Lipinski definition) is 3. The van der Waals surface area contributed by atoms with Crippen molar-refractivity contribution in [2.75, 3.05) is 14.2 Å². The summed E-state index contributed by atoms with van der Waals surface area (Å²) >= 11 is 3.41. The first kappa shape index (κ1) is 14.9. The van der Waals surface area contributed by atoms with E-state index in [0.717, 1.165) is 22.0 Å². The van der Waals surface area contributed by atoms with Gasteiger partial charge in [-0.2, -0.15) is 0 Å². The summed E-state index contributed by atoms with van der Waals surface area (Å²) in [6.45, 7) is 0. The van der Waals surface area contributed by atoms with Gasteiger partial charge < -0.3 is 10.1 Å². The lowest BCUT2D eigenvalue weighted by Crippen LogP contribution is -2.19. The van der Waals surface area contributed by atoms with Crippen molar-refractivity contribution in [1.29, 1.82) is 0 Å². The van der Waals surface area contributed by atoms with E-state index >= 15 is 0 Å². The van der Waals surface area contributed by atoms with Crippen molar-refractivity contribution in [2.45, 2.75) is 12.5 Å². The number of ether oxygens (including phenoxy) is 1. The molecule has 2 aromatic rings. The Labute approximate surface area is 126 Å². The van der Waals surface area contributed by atoms with E-state index in [1.165, 1.54) is 13.2 Å². The molecule has 0 spiro atoms. The van der Waals surface area contributed by atoms with Crippen LogP contribution in [0.15, 0.2) is 41.1 Å². The third-order valence-corrected chi connectivity index (χ3v) is 3.56. The van der Waals surface area contributed by atoms with Crippen LogP contribution in [0.1, 0.15) is 17.2 Å². The third-order valence-electron chi connectivity index (χ3n) is 3.13. The zero-order valence-electron chi connectivity index (χ0n) is 11.4. The van der Waals surface area contributed by atoms with Crippen LogP contribution >= 0.6 is 15.9 Å². The van der Waals surface area contributed by atoms with Crippen LogP contribution in [0.5, 0.6) is 5.75 Å². The minimum absolute atomic E-state index is 0.0700. The highest BCUT2D eigenvalue weighted by atomic mass is 79.9. The van der Waals surface area contributed by atoms with Crippen molar-refractivity contribution in [1.82, 2.24) is 10.3 Å². The summed E-state index contributed by atoms with van der Waals surface area (Å²) in [5.41, 5.74) is 2.08. The Kier molecular flexibility index (Phi) is 5.09. The molecular formula is C15H16BrFN2O. The van der Waals surface area contributed by atoms with Gasteiger partial charge in [0.15, 0.2) is 11.6 Å². The van der Waals surface area contributed by atoms with E-state index in [9.17, 15) is 4.39 Å². The molecule has 5 heteroatoms. The van der Waals surface area contributed by atoms with Crippen molar-refractivity contribution in [3.63, 3.8) is 0 Å². The first-order valence-corrected chi connectivity index (χ1v) is 7.03. The van der Waals surface area contributed by atoms with E-state index in [1.54, 1.807) is 18.3 Å². The van der Waals surface area contributed by atoms with Crippen LogP contribution in [0.25, 0.3) is 0 Å². The third kappa shape index (κ3) is 3.55. The first-order chi connectivity index (χ1) is 9.63. The molecule has 1 unspecified atom stereocenters. The number of rotatable bonds is 5. The molecule has 0 radical (unpaired) electrons. The molecule has 0 aliphatic rings. The summed E-state index contributed by atoms with van der Waals surface area (Å²) in [6, 6.07) is 7.02. The number of likely N-dealkylation sites (N-methyl/N-ethyl adjacent to an activating group) is 1. The Balaban J connectivity index is 2.24. The number of nitrogens with zero attached hydrogens (tertiary/aromatic N) is 1. The number of methoxy groups -OCH3 is 1. The lowest BCUT2D eigenvalue weighted by molar-refractivity contribution is 0.385. The lowest BCUT2D eigenvalue weighted by atomic mass is 9.99. The number of pyridine rings is 1. The van der Waals surface area contributed by atoms with Gasteiger partial charge in [-0.1, -0.05) is 6.07 Å². The van der Waals surface area contributed by atoms with E-state index < -0.39 is 0 Å². The van der Waals surface area contributed by atoms with E-state index in [1.807, 2.05) is 19.3 Å². The first-order valence-electron chi connectivity index (χ1n) is 6.24. The molecule has 0 aliphatic carbocycles. The Morgan fingerprint density at radius 3 is 2.80 bits per heavy atom. The summed E-state index contributed by atoms with van der Waals surface area (Å²) in [4.78, 5) is 4.15. The maximum atomic E-state index is 13.5. The van der Waals surface area contributed by atoms with Crippen molar-refractivity contribution >= 4 is 15.9 Å². The van der Waals surface area contributed by atoms with Gasteiger partial charge in [0.2, 0.25) is 0 Å². The largest absolute Gasteiger partial charge is 0.494 e. The van der Waals surface area contributed by atoms with E-state index in [2.05, 4.69) is 26.2 Å². The predicted molar refractivity (Wildman–Crippen MR) is 80.4 cm³/mol. The average molecular weight is 339 g/mol. The monoisotopic (exact) mass is 338 g/mol. The van der Waals surface area contributed by atoms with Gasteiger partial charge in [-0.05, 0) is 58.7 Å². The van der Waals surface area contributed by atoms with Crippen LogP contribution < -0.4 is 10.1 Å². The highest BCUT2D eigenvalue weighted by Gasteiger charge is 2.13. The average Bonchev–Trinajstić information content (AvgIpc) is 2.45. The fourth-order valence-electron chi connectivity index (χ4n) is 2.08. The number of halogens is 2. The Bertz CT molecular complexity index is 592. The van der Waals surface area contributed by atoms with Gasteiger partial charge in [0.05, 0.1) is 7.11 Å². The molecule has 106 valence electrons. The van der Waals surface area contributed by atoms with Gasteiger partial charge in [-0.15, -0.1) is 0 Å².